The van der Waals surface area contributed by atoms with E-state index < -0.39 is 5.97 Å². The number of carbonyl (C=O) groups is 2. The molecule has 1 aromatic rings. The highest BCUT2D eigenvalue weighted by Gasteiger charge is 2.02. The Kier molecular flexibility index (Phi) is 5.98. The van der Waals surface area contributed by atoms with Crippen molar-refractivity contribution in [1.82, 2.24) is 0 Å². The molecule has 1 aromatic carbocycles. The van der Waals surface area contributed by atoms with E-state index in [1.807, 2.05) is 0 Å². The molecule has 1 rings (SSSR count). The van der Waals surface area contributed by atoms with Gasteiger partial charge in [0.15, 0.2) is 0 Å². The van der Waals surface area contributed by atoms with Crippen molar-refractivity contribution in [2.24, 2.45) is 0 Å². The van der Waals surface area contributed by atoms with Gasteiger partial charge in [0.25, 0.3) is 0 Å². The van der Waals surface area contributed by atoms with E-state index in [0.717, 1.165) is 13.4 Å². The van der Waals surface area contributed by atoms with Crippen molar-refractivity contribution in [2.75, 3.05) is 14.2 Å². The first-order chi connectivity index (χ1) is 6.77. The summed E-state index contributed by atoms with van der Waals surface area (Å²) in [5.74, 6) is -0.396. The molecule has 1 N–H and O–H groups in total. The fourth-order valence-electron chi connectivity index (χ4n) is 0.816. The Hall–Kier alpha value is -1.68. The molecule has 76 valence electrons. The molecule has 0 heterocycles. The normalized spacial score (nSPS) is 8.21. The summed E-state index contributed by atoms with van der Waals surface area (Å²) in [4.78, 5) is 21.1. The molecule has 0 atom stereocenters. The molecule has 0 unspecified atom stereocenters. The predicted molar refractivity (Wildman–Crippen MR) is 51.3 cm³/mol. The van der Waals surface area contributed by atoms with Gasteiger partial charge in [-0.1, -0.05) is 12.1 Å². The van der Waals surface area contributed by atoms with E-state index in [1.165, 1.54) is 7.11 Å². The quantitative estimate of drug-likeness (QED) is 0.563. The summed E-state index contributed by atoms with van der Waals surface area (Å²) in [6.45, 7) is 0. The van der Waals surface area contributed by atoms with Crippen molar-refractivity contribution in [3.63, 3.8) is 0 Å². The molecule has 0 aliphatic rings. The van der Waals surface area contributed by atoms with Crippen LogP contribution in [0, 0.1) is 0 Å². The molecule has 0 saturated heterocycles. The first-order valence-electron chi connectivity index (χ1n) is 3.86. The van der Waals surface area contributed by atoms with E-state index in [1.54, 1.807) is 24.3 Å². The van der Waals surface area contributed by atoms with Crippen LogP contribution in [0.2, 0.25) is 0 Å². The van der Waals surface area contributed by atoms with Gasteiger partial charge in [0.2, 0.25) is 0 Å². The second kappa shape index (κ2) is 6.80. The topological polar surface area (TPSA) is 63.6 Å². The smallest absolute Gasteiger partial charge is 0.337 e. The summed E-state index contributed by atoms with van der Waals surface area (Å²) in [6.07, 6.45) is 0.723. The van der Waals surface area contributed by atoms with Crippen molar-refractivity contribution in [2.45, 2.75) is 0 Å². The van der Waals surface area contributed by atoms with Gasteiger partial charge < -0.3 is 9.84 Å². The van der Waals surface area contributed by atoms with Gasteiger partial charge in [0, 0.05) is 12.7 Å². The van der Waals surface area contributed by atoms with Gasteiger partial charge in [-0.2, -0.15) is 0 Å². The van der Waals surface area contributed by atoms with E-state index in [-0.39, 0.29) is 0 Å². The maximum absolute atomic E-state index is 10.9. The summed E-state index contributed by atoms with van der Waals surface area (Å²) in [6, 6.07) is 6.24. The number of aliphatic hydroxyl groups excluding tert-OH is 1. The number of aldehydes is 1. The molecular formula is C10H12O4. The number of hydrogen-bond acceptors (Lipinski definition) is 4. The zero-order chi connectivity index (χ0) is 11.0. The molecule has 0 radical (unpaired) electrons. The van der Waals surface area contributed by atoms with Crippen LogP contribution in [0.4, 0.5) is 0 Å². The lowest BCUT2D eigenvalue weighted by atomic mass is 10.1. The van der Waals surface area contributed by atoms with Crippen LogP contribution in [0.3, 0.4) is 0 Å². The summed E-state index contributed by atoms with van der Waals surface area (Å²) < 4.78 is 4.48. The highest BCUT2D eigenvalue weighted by atomic mass is 16.5. The first-order valence-corrected chi connectivity index (χ1v) is 3.86. The molecule has 0 saturated carbocycles. The van der Waals surface area contributed by atoms with Gasteiger partial charge in [-0.15, -0.1) is 0 Å². The molecule has 4 nitrogen and oxygen atoms in total. The van der Waals surface area contributed by atoms with Gasteiger partial charge in [-0.05, 0) is 12.1 Å². The van der Waals surface area contributed by atoms with Crippen molar-refractivity contribution in [1.29, 1.82) is 0 Å². The Morgan fingerprint density at radius 3 is 2.14 bits per heavy atom. The number of esters is 1. The maximum Gasteiger partial charge on any atom is 0.337 e. The van der Waals surface area contributed by atoms with E-state index in [0.29, 0.717) is 11.1 Å². The molecule has 0 aliphatic carbocycles. The summed E-state index contributed by atoms with van der Waals surface area (Å²) in [5, 5.41) is 7.00. The highest BCUT2D eigenvalue weighted by molar-refractivity contribution is 5.90. The fraction of sp³-hybridized carbons (Fsp3) is 0.200. The Balaban J connectivity index is 0.000000791. The van der Waals surface area contributed by atoms with E-state index in [4.69, 9.17) is 5.11 Å². The Morgan fingerprint density at radius 1 is 1.29 bits per heavy atom. The number of carbonyl (C=O) groups excluding carboxylic acids is 2. The number of methoxy groups -OCH3 is 1. The SMILES string of the molecule is CO.COC(=O)c1ccc(C=O)cc1. The Labute approximate surface area is 82.1 Å². The number of hydrogen-bond donors (Lipinski definition) is 1. The van der Waals surface area contributed by atoms with E-state index in [9.17, 15) is 9.59 Å². The maximum atomic E-state index is 10.9. The first kappa shape index (κ1) is 12.3. The van der Waals surface area contributed by atoms with Crippen molar-refractivity contribution in [3.05, 3.63) is 35.4 Å². The van der Waals surface area contributed by atoms with Gasteiger partial charge >= 0.3 is 5.97 Å². The Bertz CT molecular complexity index is 289. The van der Waals surface area contributed by atoms with Crippen LogP contribution in [-0.2, 0) is 4.74 Å². The van der Waals surface area contributed by atoms with Crippen molar-refractivity contribution >= 4 is 12.3 Å². The number of ether oxygens (including phenoxy) is 1. The minimum Gasteiger partial charge on any atom is -0.465 e. The minimum atomic E-state index is -0.396. The number of benzene rings is 1. The van der Waals surface area contributed by atoms with Crippen LogP contribution < -0.4 is 0 Å². The number of rotatable bonds is 2. The molecule has 4 heteroatoms. The largest absolute Gasteiger partial charge is 0.465 e. The van der Waals surface area contributed by atoms with Crippen LogP contribution >= 0.6 is 0 Å². The number of aliphatic hydroxyl groups is 1. The van der Waals surface area contributed by atoms with Crippen LogP contribution in [0.5, 0.6) is 0 Å². The average molecular weight is 196 g/mol. The second-order valence-electron chi connectivity index (χ2n) is 2.23. The molecule has 0 fully saturated rings. The lowest BCUT2D eigenvalue weighted by Crippen LogP contribution is -2.00. The van der Waals surface area contributed by atoms with E-state index in [2.05, 4.69) is 4.74 Å². The van der Waals surface area contributed by atoms with E-state index >= 15 is 0 Å². The molecule has 0 bridgehead atoms. The molecular weight excluding hydrogens is 184 g/mol. The monoisotopic (exact) mass is 196 g/mol. The minimum absolute atomic E-state index is 0.396. The average Bonchev–Trinajstić information content (AvgIpc) is 2.31. The van der Waals surface area contributed by atoms with Crippen LogP contribution in [0.25, 0.3) is 0 Å². The summed E-state index contributed by atoms with van der Waals surface area (Å²) >= 11 is 0. The molecule has 0 aromatic heterocycles. The van der Waals surface area contributed by atoms with Gasteiger partial charge in [-0.3, -0.25) is 4.79 Å². The van der Waals surface area contributed by atoms with Gasteiger partial charge in [0.1, 0.15) is 6.29 Å². The predicted octanol–water partition coefficient (Wildman–Crippen LogP) is 0.894. The second-order valence-corrected chi connectivity index (χ2v) is 2.23. The lowest BCUT2D eigenvalue weighted by molar-refractivity contribution is 0.0600. The molecule has 0 spiro atoms. The van der Waals surface area contributed by atoms with Crippen LogP contribution in [0.1, 0.15) is 20.7 Å². The fourth-order valence-corrected chi connectivity index (χ4v) is 0.816. The third kappa shape index (κ3) is 3.37. The third-order valence-electron chi connectivity index (χ3n) is 1.47. The van der Waals surface area contributed by atoms with Gasteiger partial charge in [0.05, 0.1) is 12.7 Å². The van der Waals surface area contributed by atoms with Gasteiger partial charge in [-0.25, -0.2) is 4.79 Å². The molecule has 0 amide bonds. The van der Waals surface area contributed by atoms with Crippen molar-refractivity contribution < 1.29 is 19.4 Å². The lowest BCUT2D eigenvalue weighted by Gasteiger charge is -1.97. The summed E-state index contributed by atoms with van der Waals surface area (Å²) in [7, 11) is 2.32. The highest BCUT2D eigenvalue weighted by Crippen LogP contribution is 2.03. The molecule has 14 heavy (non-hydrogen) atoms. The third-order valence-corrected chi connectivity index (χ3v) is 1.47. The van der Waals surface area contributed by atoms with Crippen molar-refractivity contribution in [3.8, 4) is 0 Å². The Morgan fingerprint density at radius 2 is 1.79 bits per heavy atom. The summed E-state index contributed by atoms with van der Waals surface area (Å²) in [5.41, 5.74) is 0.991. The zero-order valence-corrected chi connectivity index (χ0v) is 8.06. The van der Waals surface area contributed by atoms with Crippen LogP contribution in [0.15, 0.2) is 24.3 Å². The standard InChI is InChI=1S/C9H8O3.CH4O/c1-12-9(11)8-4-2-7(6-10)3-5-8;1-2/h2-6H,1H3;2H,1H3. The zero-order valence-electron chi connectivity index (χ0n) is 8.06. The van der Waals surface area contributed by atoms with Crippen LogP contribution in [-0.4, -0.2) is 31.6 Å². The molecule has 0 aliphatic heterocycles.